The zero-order valence-electron chi connectivity index (χ0n) is 10.8. The minimum atomic E-state index is 0.310. The van der Waals surface area contributed by atoms with Crippen LogP contribution in [0.2, 0.25) is 0 Å². The Kier molecular flexibility index (Phi) is 4.20. The van der Waals surface area contributed by atoms with Gasteiger partial charge in [0.25, 0.3) is 0 Å². The highest BCUT2D eigenvalue weighted by Gasteiger charge is 2.28. The van der Waals surface area contributed by atoms with Gasteiger partial charge in [-0.2, -0.15) is 0 Å². The highest BCUT2D eigenvalue weighted by Crippen LogP contribution is 2.28. The van der Waals surface area contributed by atoms with Crippen LogP contribution in [0.5, 0.6) is 0 Å². The minimum Gasteiger partial charge on any atom is -0.409 e. The highest BCUT2D eigenvalue weighted by molar-refractivity contribution is 5.79. The summed E-state index contributed by atoms with van der Waals surface area (Å²) in [6.07, 6.45) is 3.16. The van der Waals surface area contributed by atoms with Crippen LogP contribution in [0.15, 0.2) is 29.4 Å². The summed E-state index contributed by atoms with van der Waals surface area (Å²) in [4.78, 5) is 2.42. The number of nitrogens with zero attached hydrogens (tertiary/aromatic N) is 2. The van der Waals surface area contributed by atoms with Crippen molar-refractivity contribution in [2.24, 2.45) is 10.9 Å². The molecule has 1 aromatic carbocycles. The van der Waals surface area contributed by atoms with E-state index in [2.05, 4.69) is 41.2 Å². The number of aryl methyl sites for hydroxylation is 1. The number of hydrogen-bond donors (Lipinski definition) is 2. The van der Waals surface area contributed by atoms with Crippen molar-refractivity contribution in [3.63, 3.8) is 0 Å². The molecule has 18 heavy (non-hydrogen) atoms. The Morgan fingerprint density at radius 1 is 1.39 bits per heavy atom. The Balaban J connectivity index is 1.92. The highest BCUT2D eigenvalue weighted by atomic mass is 16.4. The summed E-state index contributed by atoms with van der Waals surface area (Å²) in [5.41, 5.74) is 8.14. The van der Waals surface area contributed by atoms with Gasteiger partial charge < -0.3 is 10.9 Å². The predicted octanol–water partition coefficient (Wildman–Crippen LogP) is 2.10. The molecule has 1 aliphatic rings. The van der Waals surface area contributed by atoms with Gasteiger partial charge in [0, 0.05) is 25.6 Å². The fraction of sp³-hybridized carbons (Fsp3) is 0.500. The van der Waals surface area contributed by atoms with Crippen molar-refractivity contribution in [3.8, 4) is 0 Å². The van der Waals surface area contributed by atoms with E-state index in [1.807, 2.05) is 0 Å². The molecular weight excluding hydrogens is 226 g/mol. The summed E-state index contributed by atoms with van der Waals surface area (Å²) in [6, 6.07) is 9.31. The molecule has 4 nitrogen and oxygen atoms in total. The zero-order chi connectivity index (χ0) is 13.0. The third kappa shape index (κ3) is 3.74. The van der Waals surface area contributed by atoms with E-state index in [0.717, 1.165) is 13.1 Å². The normalized spacial score (nSPS) is 16.2. The standard InChI is InChI=1S/C14H21N3O/c1-11-2-4-12(5-3-11)10-17(13-6-7-13)9-8-14(15)16-18/h2-5,13,18H,6-10H2,1H3,(H2,15,16). The summed E-state index contributed by atoms with van der Waals surface area (Å²) < 4.78 is 0. The molecule has 98 valence electrons. The quantitative estimate of drug-likeness (QED) is 0.350. The summed E-state index contributed by atoms with van der Waals surface area (Å²) in [6.45, 7) is 3.90. The molecule has 0 bridgehead atoms. The van der Waals surface area contributed by atoms with Crippen molar-refractivity contribution in [1.29, 1.82) is 0 Å². The van der Waals surface area contributed by atoms with Gasteiger partial charge in [0.2, 0.25) is 0 Å². The maximum Gasteiger partial charge on any atom is 0.140 e. The Bertz CT molecular complexity index is 410. The molecule has 0 aliphatic heterocycles. The number of benzene rings is 1. The lowest BCUT2D eigenvalue weighted by molar-refractivity contribution is 0.259. The summed E-state index contributed by atoms with van der Waals surface area (Å²) >= 11 is 0. The van der Waals surface area contributed by atoms with Crippen LogP contribution >= 0.6 is 0 Å². The van der Waals surface area contributed by atoms with Crippen LogP contribution < -0.4 is 5.73 Å². The van der Waals surface area contributed by atoms with Crippen LogP contribution in [0.1, 0.15) is 30.4 Å². The van der Waals surface area contributed by atoms with E-state index < -0.39 is 0 Å². The molecule has 1 fully saturated rings. The maximum atomic E-state index is 8.57. The first kappa shape index (κ1) is 12.9. The Morgan fingerprint density at radius 3 is 2.61 bits per heavy atom. The molecule has 0 aromatic heterocycles. The third-order valence-corrected chi connectivity index (χ3v) is 3.35. The van der Waals surface area contributed by atoms with E-state index in [1.165, 1.54) is 24.0 Å². The van der Waals surface area contributed by atoms with Gasteiger partial charge in [0.15, 0.2) is 0 Å². The second-order valence-electron chi connectivity index (χ2n) is 5.03. The van der Waals surface area contributed by atoms with Crippen LogP contribution in [0, 0.1) is 6.92 Å². The average molecular weight is 247 g/mol. The monoisotopic (exact) mass is 247 g/mol. The molecule has 0 amide bonds. The van der Waals surface area contributed by atoms with Gasteiger partial charge in [0.05, 0.1) is 0 Å². The second-order valence-corrected chi connectivity index (χ2v) is 5.03. The lowest BCUT2D eigenvalue weighted by Crippen LogP contribution is -2.29. The zero-order valence-corrected chi connectivity index (χ0v) is 10.8. The number of amidine groups is 1. The van der Waals surface area contributed by atoms with Gasteiger partial charge in [-0.1, -0.05) is 35.0 Å². The van der Waals surface area contributed by atoms with Crippen LogP contribution in [0.25, 0.3) is 0 Å². The molecule has 0 saturated heterocycles. The molecular formula is C14H21N3O. The summed E-state index contributed by atoms with van der Waals surface area (Å²) in [5.74, 6) is 0.310. The van der Waals surface area contributed by atoms with Crippen molar-refractivity contribution in [2.45, 2.75) is 38.8 Å². The van der Waals surface area contributed by atoms with Crippen LogP contribution in [0.4, 0.5) is 0 Å². The Morgan fingerprint density at radius 2 is 2.06 bits per heavy atom. The molecule has 0 radical (unpaired) electrons. The first-order valence-electron chi connectivity index (χ1n) is 6.45. The number of oxime groups is 1. The Hall–Kier alpha value is -1.55. The molecule has 0 spiro atoms. The van der Waals surface area contributed by atoms with Crippen LogP contribution in [-0.2, 0) is 6.54 Å². The molecule has 0 atom stereocenters. The van der Waals surface area contributed by atoms with Gasteiger partial charge in [0.1, 0.15) is 5.84 Å². The van der Waals surface area contributed by atoms with Crippen molar-refractivity contribution in [1.82, 2.24) is 4.90 Å². The first-order valence-corrected chi connectivity index (χ1v) is 6.45. The van der Waals surface area contributed by atoms with Crippen molar-refractivity contribution in [2.75, 3.05) is 6.54 Å². The van der Waals surface area contributed by atoms with E-state index in [-0.39, 0.29) is 0 Å². The van der Waals surface area contributed by atoms with Gasteiger partial charge in [-0.25, -0.2) is 0 Å². The van der Waals surface area contributed by atoms with E-state index in [1.54, 1.807) is 0 Å². The SMILES string of the molecule is Cc1ccc(CN(CCC(N)=NO)C2CC2)cc1. The molecule has 4 heteroatoms. The molecule has 2 rings (SSSR count). The van der Waals surface area contributed by atoms with Gasteiger partial charge >= 0.3 is 0 Å². The average Bonchev–Trinajstić information content (AvgIpc) is 3.20. The fourth-order valence-corrected chi connectivity index (χ4v) is 2.07. The molecule has 1 aliphatic carbocycles. The van der Waals surface area contributed by atoms with Crippen LogP contribution in [-0.4, -0.2) is 28.5 Å². The smallest absolute Gasteiger partial charge is 0.140 e. The lowest BCUT2D eigenvalue weighted by atomic mass is 10.1. The number of rotatable bonds is 6. The fourth-order valence-electron chi connectivity index (χ4n) is 2.07. The minimum absolute atomic E-state index is 0.310. The molecule has 0 heterocycles. The van der Waals surface area contributed by atoms with Gasteiger partial charge in [-0.05, 0) is 25.3 Å². The first-order chi connectivity index (χ1) is 8.69. The predicted molar refractivity (Wildman–Crippen MR) is 72.6 cm³/mol. The second kappa shape index (κ2) is 5.87. The molecule has 3 N–H and O–H groups in total. The van der Waals surface area contributed by atoms with Gasteiger partial charge in [-0.15, -0.1) is 0 Å². The van der Waals surface area contributed by atoms with Crippen molar-refractivity contribution >= 4 is 5.84 Å². The number of hydrogen-bond acceptors (Lipinski definition) is 3. The largest absolute Gasteiger partial charge is 0.409 e. The van der Waals surface area contributed by atoms with Crippen LogP contribution in [0.3, 0.4) is 0 Å². The van der Waals surface area contributed by atoms with E-state index in [9.17, 15) is 0 Å². The van der Waals surface area contributed by atoms with Crippen molar-refractivity contribution in [3.05, 3.63) is 35.4 Å². The molecule has 1 aromatic rings. The molecule has 0 unspecified atom stereocenters. The topological polar surface area (TPSA) is 61.8 Å². The summed E-state index contributed by atoms with van der Waals surface area (Å²) in [5, 5.41) is 11.6. The van der Waals surface area contributed by atoms with E-state index in [4.69, 9.17) is 10.9 Å². The third-order valence-electron chi connectivity index (χ3n) is 3.35. The van der Waals surface area contributed by atoms with Gasteiger partial charge in [-0.3, -0.25) is 4.90 Å². The number of nitrogens with two attached hydrogens (primary N) is 1. The molecule has 1 saturated carbocycles. The maximum absolute atomic E-state index is 8.57. The van der Waals surface area contributed by atoms with E-state index >= 15 is 0 Å². The van der Waals surface area contributed by atoms with E-state index in [0.29, 0.717) is 18.3 Å². The summed E-state index contributed by atoms with van der Waals surface area (Å²) in [7, 11) is 0. The van der Waals surface area contributed by atoms with Crippen molar-refractivity contribution < 1.29 is 5.21 Å². The Labute approximate surface area is 108 Å². The lowest BCUT2D eigenvalue weighted by Gasteiger charge is -2.21.